The molecule has 3 aromatic carbocycles. The minimum absolute atomic E-state index is 0.293. The molecular weight excluding hydrogens is 326 g/mol. The van der Waals surface area contributed by atoms with E-state index < -0.39 is 0 Å². The average molecular weight is 352 g/mol. The zero-order valence-corrected chi connectivity index (χ0v) is 17.0. The van der Waals surface area contributed by atoms with E-state index in [2.05, 4.69) is 29.6 Å². The van der Waals surface area contributed by atoms with Crippen LogP contribution in [0.2, 0.25) is 0 Å². The van der Waals surface area contributed by atoms with Crippen LogP contribution in [0, 0.1) is 0 Å². The molecule has 4 heteroatoms. The molecule has 0 bridgehead atoms. The van der Waals surface area contributed by atoms with Crippen LogP contribution in [0.3, 0.4) is 0 Å². The molecule has 0 heterocycles. The van der Waals surface area contributed by atoms with Gasteiger partial charge >= 0.3 is 0 Å². The zero-order valence-electron chi connectivity index (χ0n) is 15.0. The van der Waals surface area contributed by atoms with Gasteiger partial charge in [0.15, 0.2) is 6.29 Å². The minimum Gasteiger partial charge on any atom is -0.356 e. The van der Waals surface area contributed by atoms with Gasteiger partial charge < -0.3 is 14.8 Å². The van der Waals surface area contributed by atoms with E-state index in [4.69, 9.17) is 9.47 Å². The first-order chi connectivity index (χ1) is 12.2. The molecule has 0 aliphatic rings. The predicted octanol–water partition coefficient (Wildman–Crippen LogP) is 3.40. The largest absolute Gasteiger partial charge is 0.356 e. The van der Waals surface area contributed by atoms with Gasteiger partial charge in [-0.2, -0.15) is 0 Å². The molecule has 0 saturated carbocycles. The number of anilines is 2. The Balaban J connectivity index is 0.000000316. The first-order valence-corrected chi connectivity index (χ1v) is 9.23. The van der Waals surface area contributed by atoms with Gasteiger partial charge in [0.05, 0.1) is 0 Å². The Morgan fingerprint density at radius 3 is 1.76 bits per heavy atom. The molecule has 0 amide bonds. The Labute approximate surface area is 153 Å². The van der Waals surface area contributed by atoms with Gasteiger partial charge in [-0.25, -0.2) is 0 Å². The van der Waals surface area contributed by atoms with Crippen molar-refractivity contribution in [2.45, 2.75) is 6.29 Å². The summed E-state index contributed by atoms with van der Waals surface area (Å²) in [5, 5.41) is 4.72. The Hall–Kier alpha value is -2.40. The van der Waals surface area contributed by atoms with Gasteiger partial charge in [-0.3, -0.25) is 0 Å². The molecule has 0 aliphatic heterocycles. The molecule has 130 valence electrons. The van der Waals surface area contributed by atoms with Crippen LogP contribution in [0.25, 0.3) is 0 Å². The summed E-state index contributed by atoms with van der Waals surface area (Å²) in [7, 11) is 4.26. The monoisotopic (exact) mass is 351 g/mol. The van der Waals surface area contributed by atoms with Crippen LogP contribution in [-0.2, 0) is 9.47 Å². The van der Waals surface area contributed by atoms with E-state index in [1.165, 1.54) is 5.19 Å². The van der Waals surface area contributed by atoms with E-state index in [1.54, 1.807) is 14.2 Å². The van der Waals surface area contributed by atoms with Gasteiger partial charge in [-0.15, -0.1) is 0 Å². The molecule has 0 radical (unpaired) electrons. The summed E-state index contributed by atoms with van der Waals surface area (Å²) in [5.41, 5.74) is 3.29. The van der Waals surface area contributed by atoms with Crippen molar-refractivity contribution in [3.8, 4) is 0 Å². The van der Waals surface area contributed by atoms with Crippen LogP contribution < -0.4 is 10.5 Å². The molecule has 0 unspecified atom stereocenters. The third kappa shape index (κ3) is 6.19. The van der Waals surface area contributed by atoms with Crippen molar-refractivity contribution in [2.75, 3.05) is 19.5 Å². The maximum atomic E-state index is 5.27. The summed E-state index contributed by atoms with van der Waals surface area (Å²) in [6.07, 6.45) is -0.293. The molecule has 0 fully saturated rings. The minimum atomic E-state index is -0.293. The molecule has 0 aliphatic carbocycles. The second-order valence-electron chi connectivity index (χ2n) is 5.52. The van der Waals surface area contributed by atoms with Crippen LogP contribution in [0.1, 0.15) is 11.9 Å². The Bertz CT molecular complexity index is 705. The molecule has 0 aromatic heterocycles. The van der Waals surface area contributed by atoms with E-state index >= 15 is 0 Å². The number of nitrogens with one attached hydrogen (secondary N) is 1. The molecule has 1 N–H and O–H groups in total. The number of hydrogen-bond donors (Lipinski definition) is 1. The van der Waals surface area contributed by atoms with Gasteiger partial charge in [0.2, 0.25) is 0 Å². The van der Waals surface area contributed by atoms with E-state index in [1.807, 2.05) is 60.7 Å². The Morgan fingerprint density at radius 1 is 0.760 bits per heavy atom. The van der Waals surface area contributed by atoms with Gasteiger partial charge in [0, 0.05) is 41.4 Å². The average Bonchev–Trinajstić information content (AvgIpc) is 2.68. The Kier molecular flexibility index (Phi) is 7.92. The molecule has 3 rings (SSSR count). The van der Waals surface area contributed by atoms with Crippen molar-refractivity contribution in [1.29, 1.82) is 0 Å². The topological polar surface area (TPSA) is 30.5 Å². The second-order valence-corrected chi connectivity index (χ2v) is 6.60. The van der Waals surface area contributed by atoms with E-state index in [-0.39, 0.29) is 6.29 Å². The van der Waals surface area contributed by atoms with Gasteiger partial charge in [-0.1, -0.05) is 66.7 Å². The quantitative estimate of drug-likeness (QED) is 0.564. The number of hydrogen-bond acceptors (Lipinski definition) is 3. The van der Waals surface area contributed by atoms with Gasteiger partial charge in [-0.05, 0) is 23.4 Å². The fourth-order valence-electron chi connectivity index (χ4n) is 2.40. The summed E-state index contributed by atoms with van der Waals surface area (Å²) < 4.78 is 10.5. The van der Waals surface area contributed by atoms with E-state index in [0.717, 1.165) is 27.2 Å². The summed E-state index contributed by atoms with van der Waals surface area (Å²) in [6.45, 7) is 0. The highest BCUT2D eigenvalue weighted by Gasteiger charge is 2.10. The van der Waals surface area contributed by atoms with Crippen molar-refractivity contribution < 1.29 is 9.47 Å². The molecule has 0 saturated heterocycles. The van der Waals surface area contributed by atoms with Crippen LogP contribution in [-0.4, -0.2) is 24.5 Å². The first-order valence-electron chi connectivity index (χ1n) is 8.23. The molecule has 0 atom stereocenters. The SMILES string of the molecule is COC(OC)c1ccc(Nc2ccccc2)c([SiH3])c1.c1ccccc1. The Morgan fingerprint density at radius 2 is 1.28 bits per heavy atom. The molecule has 3 aromatic rings. The van der Waals surface area contributed by atoms with E-state index in [9.17, 15) is 0 Å². The number of ether oxygens (including phenoxy) is 2. The molecule has 3 nitrogen and oxygen atoms in total. The predicted molar refractivity (Wildman–Crippen MR) is 109 cm³/mol. The first kappa shape index (κ1) is 18.9. The molecular formula is C21H25NO2Si. The summed E-state index contributed by atoms with van der Waals surface area (Å²) in [6, 6.07) is 28.4. The van der Waals surface area contributed by atoms with E-state index in [0.29, 0.717) is 0 Å². The van der Waals surface area contributed by atoms with Crippen molar-refractivity contribution in [3.63, 3.8) is 0 Å². The lowest BCUT2D eigenvalue weighted by Gasteiger charge is -2.16. The fraction of sp³-hybridized carbons (Fsp3) is 0.143. The maximum Gasteiger partial charge on any atom is 0.183 e. The fourth-order valence-corrected chi connectivity index (χ4v) is 3.03. The molecule has 25 heavy (non-hydrogen) atoms. The number of benzene rings is 3. The standard InChI is InChI=1S/C15H19NO2Si.C6H6/c1-17-15(18-2)11-8-9-13(14(19)10-11)16-12-6-4-3-5-7-12;1-2-4-6-5-3-1/h3-10,15-16H,1-2,19H3;1-6H. The smallest absolute Gasteiger partial charge is 0.183 e. The van der Waals surface area contributed by atoms with Crippen LogP contribution in [0.15, 0.2) is 84.9 Å². The van der Waals surface area contributed by atoms with Gasteiger partial charge in [0.25, 0.3) is 0 Å². The normalized spacial score (nSPS) is 10.2. The summed E-state index contributed by atoms with van der Waals surface area (Å²) in [4.78, 5) is 0. The highest BCUT2D eigenvalue weighted by atomic mass is 28.1. The van der Waals surface area contributed by atoms with Crippen LogP contribution >= 0.6 is 0 Å². The van der Waals surface area contributed by atoms with Crippen LogP contribution in [0.5, 0.6) is 0 Å². The lowest BCUT2D eigenvalue weighted by atomic mass is 10.2. The van der Waals surface area contributed by atoms with Crippen molar-refractivity contribution in [2.24, 2.45) is 0 Å². The zero-order chi connectivity index (χ0) is 17.9. The lowest BCUT2D eigenvalue weighted by Crippen LogP contribution is -2.13. The number of methoxy groups -OCH3 is 2. The molecule has 0 spiro atoms. The second kappa shape index (κ2) is 10.5. The van der Waals surface area contributed by atoms with Crippen molar-refractivity contribution in [3.05, 3.63) is 90.5 Å². The lowest BCUT2D eigenvalue weighted by molar-refractivity contribution is -0.105. The van der Waals surface area contributed by atoms with Crippen molar-refractivity contribution in [1.82, 2.24) is 0 Å². The number of rotatable bonds is 5. The number of para-hydroxylation sites is 1. The van der Waals surface area contributed by atoms with Gasteiger partial charge in [0.1, 0.15) is 0 Å². The van der Waals surface area contributed by atoms with Crippen molar-refractivity contribution >= 4 is 26.8 Å². The third-order valence-corrected chi connectivity index (χ3v) is 4.50. The highest BCUT2D eigenvalue weighted by Crippen LogP contribution is 2.20. The maximum absolute atomic E-state index is 5.27. The summed E-state index contributed by atoms with van der Waals surface area (Å²) in [5.74, 6) is 0. The highest BCUT2D eigenvalue weighted by molar-refractivity contribution is 6.36. The third-order valence-electron chi connectivity index (χ3n) is 3.67. The summed E-state index contributed by atoms with van der Waals surface area (Å²) >= 11 is 0. The van der Waals surface area contributed by atoms with Crippen LogP contribution in [0.4, 0.5) is 11.4 Å².